The van der Waals surface area contributed by atoms with Gasteiger partial charge in [0, 0.05) is 45.0 Å². The molecule has 2 saturated heterocycles. The monoisotopic (exact) mass is 388 g/mol. The summed E-state index contributed by atoms with van der Waals surface area (Å²) in [6.45, 7) is 9.10. The number of amides is 2. The molecule has 1 aromatic carbocycles. The average molecular weight is 389 g/mol. The van der Waals surface area contributed by atoms with E-state index in [1.807, 2.05) is 36.9 Å². The van der Waals surface area contributed by atoms with E-state index in [1.54, 1.807) is 0 Å². The summed E-state index contributed by atoms with van der Waals surface area (Å²) in [5.74, 6) is 0.115. The summed E-state index contributed by atoms with van der Waals surface area (Å²) in [5, 5.41) is 6.21. The molecule has 154 valence electrons. The third kappa shape index (κ3) is 5.77. The van der Waals surface area contributed by atoms with Crippen molar-refractivity contribution in [2.24, 2.45) is 0 Å². The average Bonchev–Trinajstić information content (AvgIpc) is 3.19. The third-order valence-corrected chi connectivity index (χ3v) is 5.64. The Bertz CT molecular complexity index is 680. The second kappa shape index (κ2) is 10.0. The number of ether oxygens (including phenoxy) is 1. The second-order valence-corrected chi connectivity index (χ2v) is 7.72. The highest BCUT2D eigenvalue weighted by atomic mass is 16.5. The molecule has 0 aliphatic carbocycles. The quantitative estimate of drug-likeness (QED) is 0.733. The van der Waals surface area contributed by atoms with E-state index in [4.69, 9.17) is 4.74 Å². The van der Waals surface area contributed by atoms with Crippen LogP contribution in [-0.2, 0) is 14.3 Å². The molecule has 0 bridgehead atoms. The van der Waals surface area contributed by atoms with Crippen LogP contribution in [0.15, 0.2) is 18.2 Å². The first-order chi connectivity index (χ1) is 13.5. The van der Waals surface area contributed by atoms with Gasteiger partial charge < -0.3 is 20.3 Å². The van der Waals surface area contributed by atoms with Crippen molar-refractivity contribution in [3.63, 3.8) is 0 Å². The topological polar surface area (TPSA) is 73.9 Å². The molecule has 0 saturated carbocycles. The standard InChI is InChI=1S/C21H32N4O3/c1-16-5-3-7-19(17(16)2)23-20(26)15-24-8-10-25(11-9-24)21(27)14-22-13-18-6-4-12-28-18/h3,5,7,18,22H,4,6,8-15H2,1-2H3,(H,23,26). The van der Waals surface area contributed by atoms with Crippen LogP contribution in [0.1, 0.15) is 24.0 Å². The number of rotatable bonds is 7. The number of anilines is 1. The molecule has 7 nitrogen and oxygen atoms in total. The Morgan fingerprint density at radius 2 is 1.96 bits per heavy atom. The van der Waals surface area contributed by atoms with Gasteiger partial charge in [0.2, 0.25) is 11.8 Å². The Balaban J connectivity index is 1.35. The summed E-state index contributed by atoms with van der Waals surface area (Å²) in [6, 6.07) is 5.92. The van der Waals surface area contributed by atoms with Crippen molar-refractivity contribution in [3.05, 3.63) is 29.3 Å². The molecule has 0 spiro atoms. The highest BCUT2D eigenvalue weighted by Gasteiger charge is 2.23. The smallest absolute Gasteiger partial charge is 0.238 e. The van der Waals surface area contributed by atoms with Gasteiger partial charge in [-0.25, -0.2) is 0 Å². The molecule has 3 rings (SSSR count). The second-order valence-electron chi connectivity index (χ2n) is 7.72. The summed E-state index contributed by atoms with van der Waals surface area (Å²) in [5.41, 5.74) is 3.14. The van der Waals surface area contributed by atoms with Crippen LogP contribution in [0.2, 0.25) is 0 Å². The van der Waals surface area contributed by atoms with Crippen LogP contribution in [0, 0.1) is 13.8 Å². The van der Waals surface area contributed by atoms with Crippen LogP contribution in [0.5, 0.6) is 0 Å². The molecule has 28 heavy (non-hydrogen) atoms. The molecule has 1 unspecified atom stereocenters. The maximum absolute atomic E-state index is 12.4. The summed E-state index contributed by atoms with van der Waals surface area (Å²) in [4.78, 5) is 28.7. The maximum Gasteiger partial charge on any atom is 0.238 e. The first kappa shape index (κ1) is 20.8. The highest BCUT2D eigenvalue weighted by Crippen LogP contribution is 2.18. The first-order valence-corrected chi connectivity index (χ1v) is 10.2. The van der Waals surface area contributed by atoms with Crippen molar-refractivity contribution in [3.8, 4) is 0 Å². The van der Waals surface area contributed by atoms with Gasteiger partial charge in [-0.2, -0.15) is 0 Å². The van der Waals surface area contributed by atoms with E-state index in [-0.39, 0.29) is 17.9 Å². The van der Waals surface area contributed by atoms with E-state index in [0.29, 0.717) is 26.2 Å². The van der Waals surface area contributed by atoms with E-state index in [0.717, 1.165) is 55.9 Å². The lowest BCUT2D eigenvalue weighted by Gasteiger charge is -2.34. The van der Waals surface area contributed by atoms with E-state index in [9.17, 15) is 9.59 Å². The zero-order chi connectivity index (χ0) is 19.9. The Kier molecular flexibility index (Phi) is 7.42. The van der Waals surface area contributed by atoms with Crippen molar-refractivity contribution in [2.75, 3.05) is 57.7 Å². The predicted octanol–water partition coefficient (Wildman–Crippen LogP) is 1.15. The number of aryl methyl sites for hydroxylation is 1. The van der Waals surface area contributed by atoms with Crippen LogP contribution in [0.3, 0.4) is 0 Å². The minimum atomic E-state index is -0.00768. The number of piperazine rings is 1. The molecule has 7 heteroatoms. The van der Waals surface area contributed by atoms with Gasteiger partial charge in [0.15, 0.2) is 0 Å². The number of carbonyl (C=O) groups excluding carboxylic acids is 2. The van der Waals surface area contributed by atoms with Gasteiger partial charge in [-0.3, -0.25) is 14.5 Å². The molecule has 2 fully saturated rings. The molecule has 1 aromatic rings. The Morgan fingerprint density at radius 1 is 1.18 bits per heavy atom. The fraction of sp³-hybridized carbons (Fsp3) is 0.619. The van der Waals surface area contributed by atoms with Crippen LogP contribution >= 0.6 is 0 Å². The number of nitrogens with zero attached hydrogens (tertiary/aromatic N) is 2. The van der Waals surface area contributed by atoms with Crippen molar-refractivity contribution in [2.45, 2.75) is 32.8 Å². The highest BCUT2D eigenvalue weighted by molar-refractivity contribution is 5.93. The predicted molar refractivity (Wildman–Crippen MR) is 109 cm³/mol. The largest absolute Gasteiger partial charge is 0.377 e. The van der Waals surface area contributed by atoms with Crippen LogP contribution in [0.25, 0.3) is 0 Å². The van der Waals surface area contributed by atoms with Gasteiger partial charge in [0.25, 0.3) is 0 Å². The number of hydrogen-bond donors (Lipinski definition) is 2. The van der Waals surface area contributed by atoms with Gasteiger partial charge in [0.05, 0.1) is 19.2 Å². The third-order valence-electron chi connectivity index (χ3n) is 5.64. The van der Waals surface area contributed by atoms with E-state index in [1.165, 1.54) is 0 Å². The molecular formula is C21H32N4O3. The number of hydrogen-bond acceptors (Lipinski definition) is 5. The van der Waals surface area contributed by atoms with Crippen molar-refractivity contribution >= 4 is 17.5 Å². The zero-order valence-corrected chi connectivity index (χ0v) is 17.0. The molecule has 2 N–H and O–H groups in total. The molecule has 0 aromatic heterocycles. The van der Waals surface area contributed by atoms with Gasteiger partial charge >= 0.3 is 0 Å². The van der Waals surface area contributed by atoms with E-state index < -0.39 is 0 Å². The lowest BCUT2D eigenvalue weighted by atomic mass is 10.1. The Hall–Kier alpha value is -1.96. The molecular weight excluding hydrogens is 356 g/mol. The van der Waals surface area contributed by atoms with E-state index in [2.05, 4.69) is 15.5 Å². The molecule has 2 aliphatic heterocycles. The van der Waals surface area contributed by atoms with Crippen molar-refractivity contribution in [1.82, 2.24) is 15.1 Å². The Morgan fingerprint density at radius 3 is 2.68 bits per heavy atom. The Labute approximate surface area is 167 Å². The zero-order valence-electron chi connectivity index (χ0n) is 17.0. The minimum Gasteiger partial charge on any atom is -0.377 e. The number of nitrogens with one attached hydrogen (secondary N) is 2. The molecule has 0 radical (unpaired) electrons. The fourth-order valence-corrected chi connectivity index (χ4v) is 3.69. The molecule has 2 heterocycles. The first-order valence-electron chi connectivity index (χ1n) is 10.2. The summed E-state index contributed by atoms with van der Waals surface area (Å²) >= 11 is 0. The maximum atomic E-state index is 12.4. The lowest BCUT2D eigenvalue weighted by molar-refractivity contribution is -0.132. The van der Waals surface area contributed by atoms with Gasteiger partial charge in [-0.1, -0.05) is 12.1 Å². The van der Waals surface area contributed by atoms with Gasteiger partial charge in [-0.05, 0) is 43.9 Å². The summed E-state index contributed by atoms with van der Waals surface area (Å²) < 4.78 is 5.56. The van der Waals surface area contributed by atoms with Crippen LogP contribution in [-0.4, -0.2) is 80.1 Å². The molecule has 2 amide bonds. The molecule has 1 atom stereocenters. The van der Waals surface area contributed by atoms with Gasteiger partial charge in [0.1, 0.15) is 0 Å². The van der Waals surface area contributed by atoms with Crippen LogP contribution in [0.4, 0.5) is 5.69 Å². The SMILES string of the molecule is Cc1cccc(NC(=O)CN2CCN(C(=O)CNCC3CCCO3)CC2)c1C. The van der Waals surface area contributed by atoms with Crippen LogP contribution < -0.4 is 10.6 Å². The lowest BCUT2D eigenvalue weighted by Crippen LogP contribution is -2.52. The summed E-state index contributed by atoms with van der Waals surface area (Å²) in [6.07, 6.45) is 2.43. The number of benzene rings is 1. The van der Waals surface area contributed by atoms with E-state index >= 15 is 0 Å². The molecule has 2 aliphatic rings. The van der Waals surface area contributed by atoms with Crippen molar-refractivity contribution in [1.29, 1.82) is 0 Å². The fourth-order valence-electron chi connectivity index (χ4n) is 3.69. The number of carbonyl (C=O) groups is 2. The minimum absolute atomic E-state index is 0.00768. The van der Waals surface area contributed by atoms with Gasteiger partial charge in [-0.15, -0.1) is 0 Å². The normalized spacial score (nSPS) is 20.4. The summed E-state index contributed by atoms with van der Waals surface area (Å²) in [7, 11) is 0. The van der Waals surface area contributed by atoms with Crippen molar-refractivity contribution < 1.29 is 14.3 Å².